The van der Waals surface area contributed by atoms with Gasteiger partial charge in [0, 0.05) is 22.3 Å². The molecule has 1 N–H and O–H groups in total. The van der Waals surface area contributed by atoms with Gasteiger partial charge in [-0.2, -0.15) is 4.31 Å². The molecule has 5 nitrogen and oxygen atoms in total. The molecular weight excluding hydrogens is 502 g/mol. The molecule has 3 aromatic rings. The number of nitrogens with one attached hydrogen (secondary N) is 1. The lowest BCUT2D eigenvalue weighted by atomic mass is 10.2. The van der Waals surface area contributed by atoms with Gasteiger partial charge >= 0.3 is 0 Å². The molecule has 0 aliphatic carbocycles. The lowest BCUT2D eigenvalue weighted by molar-refractivity contribution is -0.116. The third kappa shape index (κ3) is 6.35. The number of hydrogen-bond acceptors (Lipinski definition) is 3. The van der Waals surface area contributed by atoms with Crippen LogP contribution in [0.15, 0.2) is 71.6 Å². The molecule has 0 aliphatic rings. The summed E-state index contributed by atoms with van der Waals surface area (Å²) in [5.41, 5.74) is 1.07. The average Bonchev–Trinajstić information content (AvgIpc) is 2.72. The van der Waals surface area contributed by atoms with Crippen molar-refractivity contribution < 1.29 is 13.2 Å². The molecule has 0 saturated carbocycles. The second kappa shape index (κ2) is 10.2. The highest BCUT2D eigenvalue weighted by molar-refractivity contribution is 7.89. The Morgan fingerprint density at radius 2 is 1.39 bits per heavy atom. The van der Waals surface area contributed by atoms with Crippen molar-refractivity contribution in [3.05, 3.63) is 92.4 Å². The normalized spacial score (nSPS) is 11.5. The summed E-state index contributed by atoms with van der Waals surface area (Å²) in [4.78, 5) is 12.7. The molecule has 3 rings (SSSR count). The summed E-state index contributed by atoms with van der Waals surface area (Å²) < 4.78 is 27.6. The second-order valence-electron chi connectivity index (χ2n) is 6.53. The van der Waals surface area contributed by atoms with Crippen molar-refractivity contribution >= 4 is 68.0 Å². The van der Waals surface area contributed by atoms with Crippen molar-refractivity contribution in [3.63, 3.8) is 0 Å². The first-order valence-electron chi connectivity index (χ1n) is 8.90. The zero-order valence-corrected chi connectivity index (χ0v) is 19.7. The molecule has 0 aromatic heterocycles. The molecule has 0 bridgehead atoms. The number of carbonyl (C=O) groups is 1. The molecule has 162 valence electrons. The number of hydrogen-bond donors (Lipinski definition) is 1. The van der Waals surface area contributed by atoms with Crippen LogP contribution < -0.4 is 5.32 Å². The third-order valence-corrected chi connectivity index (χ3v) is 7.30. The number of amides is 1. The first-order valence-corrected chi connectivity index (χ1v) is 11.9. The number of rotatable bonds is 7. The summed E-state index contributed by atoms with van der Waals surface area (Å²) in [6.07, 6.45) is 0. The van der Waals surface area contributed by atoms with Crippen molar-refractivity contribution in [2.45, 2.75) is 11.4 Å². The van der Waals surface area contributed by atoms with E-state index in [1.165, 1.54) is 36.4 Å². The van der Waals surface area contributed by atoms with Gasteiger partial charge in [-0.1, -0.05) is 58.5 Å². The molecule has 0 spiro atoms. The largest absolute Gasteiger partial charge is 0.325 e. The molecule has 1 amide bonds. The monoisotopic (exact) mass is 516 g/mol. The van der Waals surface area contributed by atoms with E-state index in [2.05, 4.69) is 5.32 Å². The van der Waals surface area contributed by atoms with E-state index in [0.29, 0.717) is 26.3 Å². The van der Waals surface area contributed by atoms with E-state index in [4.69, 9.17) is 46.4 Å². The lowest BCUT2D eigenvalue weighted by Crippen LogP contribution is -2.37. The van der Waals surface area contributed by atoms with Gasteiger partial charge in [-0.15, -0.1) is 0 Å². The molecule has 0 radical (unpaired) electrons. The van der Waals surface area contributed by atoms with Crippen LogP contribution in [0.5, 0.6) is 0 Å². The highest BCUT2D eigenvalue weighted by Gasteiger charge is 2.27. The Bertz CT molecular complexity index is 1180. The number of carbonyl (C=O) groups excluding carboxylic acids is 1. The summed E-state index contributed by atoms with van der Waals surface area (Å²) in [6, 6.07) is 17.0. The van der Waals surface area contributed by atoms with Crippen molar-refractivity contribution in [2.24, 2.45) is 0 Å². The summed E-state index contributed by atoms with van der Waals surface area (Å²) >= 11 is 23.7. The number of nitrogens with zero attached hydrogens (tertiary/aromatic N) is 1. The Hall–Kier alpha value is -1.80. The number of benzene rings is 3. The van der Waals surface area contributed by atoms with E-state index < -0.39 is 22.5 Å². The summed E-state index contributed by atoms with van der Waals surface area (Å²) in [5.74, 6) is -0.537. The molecular formula is C21H16Cl4N2O3S. The predicted molar refractivity (Wildman–Crippen MR) is 126 cm³/mol. The van der Waals surface area contributed by atoms with E-state index in [1.54, 1.807) is 30.3 Å². The van der Waals surface area contributed by atoms with Gasteiger partial charge in [-0.3, -0.25) is 4.79 Å². The Kier molecular flexibility index (Phi) is 7.86. The van der Waals surface area contributed by atoms with Crippen LogP contribution in [0.1, 0.15) is 5.56 Å². The maximum Gasteiger partial charge on any atom is 0.243 e. The van der Waals surface area contributed by atoms with Crippen LogP contribution >= 0.6 is 46.4 Å². The van der Waals surface area contributed by atoms with Crippen LogP contribution in [-0.2, 0) is 21.4 Å². The molecule has 31 heavy (non-hydrogen) atoms. The van der Waals surface area contributed by atoms with E-state index in [-0.39, 0.29) is 16.5 Å². The Labute approximate surface area is 200 Å². The minimum Gasteiger partial charge on any atom is -0.325 e. The standard InChI is InChI=1S/C21H16Cl4N2O3S/c22-15-3-1-14(2-4-15)12-27(31(29,30)18-8-5-16(23)6-9-18)13-21(28)26-17-7-10-19(24)20(25)11-17/h1-11H,12-13H2,(H,26,28). The first-order chi connectivity index (χ1) is 14.6. The number of halogens is 4. The SMILES string of the molecule is O=C(CN(Cc1ccc(Cl)cc1)S(=O)(=O)c1ccc(Cl)cc1)Nc1ccc(Cl)c(Cl)c1. The topological polar surface area (TPSA) is 66.5 Å². The highest BCUT2D eigenvalue weighted by Crippen LogP contribution is 2.25. The second-order valence-corrected chi connectivity index (χ2v) is 10.2. The highest BCUT2D eigenvalue weighted by atomic mass is 35.5. The van der Waals surface area contributed by atoms with Gasteiger partial charge in [-0.25, -0.2) is 8.42 Å². The van der Waals surface area contributed by atoms with Crippen LogP contribution in [0.4, 0.5) is 5.69 Å². The van der Waals surface area contributed by atoms with Crippen molar-refractivity contribution in [1.82, 2.24) is 4.31 Å². The van der Waals surface area contributed by atoms with Crippen LogP contribution in [-0.4, -0.2) is 25.2 Å². The van der Waals surface area contributed by atoms with Crippen molar-refractivity contribution in [3.8, 4) is 0 Å². The van der Waals surface area contributed by atoms with Gasteiger partial charge in [0.2, 0.25) is 15.9 Å². The van der Waals surface area contributed by atoms with E-state index in [0.717, 1.165) is 4.31 Å². The maximum absolute atomic E-state index is 13.2. The Morgan fingerprint density at radius 1 is 0.806 bits per heavy atom. The number of anilines is 1. The average molecular weight is 518 g/mol. The molecule has 0 fully saturated rings. The fourth-order valence-corrected chi connectivity index (χ4v) is 4.64. The zero-order valence-electron chi connectivity index (χ0n) is 15.9. The van der Waals surface area contributed by atoms with Crippen LogP contribution in [0, 0.1) is 0 Å². The fourth-order valence-electron chi connectivity index (χ4n) is 2.71. The molecule has 0 atom stereocenters. The molecule has 0 unspecified atom stereocenters. The summed E-state index contributed by atoms with van der Waals surface area (Å²) in [7, 11) is -3.99. The summed E-state index contributed by atoms with van der Waals surface area (Å²) in [6.45, 7) is -0.454. The van der Waals surface area contributed by atoms with Gasteiger partial charge < -0.3 is 5.32 Å². The van der Waals surface area contributed by atoms with Gasteiger partial charge in [0.15, 0.2) is 0 Å². The van der Waals surface area contributed by atoms with Crippen LogP contribution in [0.2, 0.25) is 20.1 Å². The smallest absolute Gasteiger partial charge is 0.243 e. The minimum absolute atomic E-state index is 0.0215. The lowest BCUT2D eigenvalue weighted by Gasteiger charge is -2.22. The van der Waals surface area contributed by atoms with Crippen molar-refractivity contribution in [2.75, 3.05) is 11.9 Å². The predicted octanol–water partition coefficient (Wildman–Crippen LogP) is 6.13. The third-order valence-electron chi connectivity index (χ3n) is 4.25. The molecule has 3 aromatic carbocycles. The van der Waals surface area contributed by atoms with Gasteiger partial charge in [0.25, 0.3) is 0 Å². The summed E-state index contributed by atoms with van der Waals surface area (Å²) in [5, 5.41) is 4.17. The molecule has 10 heteroatoms. The van der Waals surface area contributed by atoms with Crippen LogP contribution in [0.3, 0.4) is 0 Å². The van der Waals surface area contributed by atoms with E-state index in [9.17, 15) is 13.2 Å². The van der Waals surface area contributed by atoms with Gasteiger partial charge in [-0.05, 0) is 60.2 Å². The molecule has 0 heterocycles. The minimum atomic E-state index is -3.99. The zero-order chi connectivity index (χ0) is 22.6. The van der Waals surface area contributed by atoms with Crippen LogP contribution in [0.25, 0.3) is 0 Å². The van der Waals surface area contributed by atoms with E-state index in [1.807, 2.05) is 0 Å². The Balaban J connectivity index is 1.87. The molecule has 0 saturated heterocycles. The number of sulfonamides is 1. The van der Waals surface area contributed by atoms with Crippen molar-refractivity contribution in [1.29, 1.82) is 0 Å². The first kappa shape index (κ1) is 23.9. The molecule has 0 aliphatic heterocycles. The fraction of sp³-hybridized carbons (Fsp3) is 0.0952. The Morgan fingerprint density at radius 3 is 1.97 bits per heavy atom. The maximum atomic E-state index is 13.2. The van der Waals surface area contributed by atoms with Gasteiger partial charge in [0.1, 0.15) is 0 Å². The van der Waals surface area contributed by atoms with E-state index >= 15 is 0 Å². The van der Waals surface area contributed by atoms with Gasteiger partial charge in [0.05, 0.1) is 21.5 Å². The quantitative estimate of drug-likeness (QED) is 0.410.